The van der Waals surface area contributed by atoms with Gasteiger partial charge < -0.3 is 10.2 Å². The van der Waals surface area contributed by atoms with Crippen LogP contribution in [0.1, 0.15) is 44.6 Å². The molecule has 0 saturated heterocycles. The van der Waals surface area contributed by atoms with Crippen LogP contribution in [-0.2, 0) is 26.2 Å². The molecule has 190 valence electrons. The smallest absolute Gasteiger partial charge is 0.244 e. The number of carbonyl (C=O) groups is 2. The maximum absolute atomic E-state index is 13.6. The monoisotopic (exact) mass is 523 g/mol. The van der Waals surface area contributed by atoms with Gasteiger partial charge in [-0.25, -0.2) is 12.8 Å². The molecule has 1 fully saturated rings. The molecule has 7 nitrogen and oxygen atoms in total. The average Bonchev–Trinajstić information content (AvgIpc) is 3.30. The van der Waals surface area contributed by atoms with Crippen molar-refractivity contribution in [2.75, 3.05) is 17.1 Å². The summed E-state index contributed by atoms with van der Waals surface area (Å²) in [4.78, 5) is 28.2. The van der Waals surface area contributed by atoms with Crippen LogP contribution in [0, 0.1) is 5.82 Å². The summed E-state index contributed by atoms with van der Waals surface area (Å²) in [6, 6.07) is 11.1. The van der Waals surface area contributed by atoms with Gasteiger partial charge >= 0.3 is 0 Å². The number of anilines is 1. The van der Waals surface area contributed by atoms with Gasteiger partial charge in [0.05, 0.1) is 11.9 Å². The Balaban J connectivity index is 1.91. The first-order valence-corrected chi connectivity index (χ1v) is 13.9. The van der Waals surface area contributed by atoms with Gasteiger partial charge in [0.1, 0.15) is 18.4 Å². The Kier molecular flexibility index (Phi) is 9.13. The molecule has 10 heteroatoms. The normalized spacial score (nSPS) is 15.0. The Bertz CT molecular complexity index is 1140. The number of carbonyl (C=O) groups excluding carboxylic acids is 2. The first-order valence-electron chi connectivity index (χ1n) is 11.7. The summed E-state index contributed by atoms with van der Waals surface area (Å²) in [5, 5.41) is 3.37. The first kappa shape index (κ1) is 26.9. The summed E-state index contributed by atoms with van der Waals surface area (Å²) < 4.78 is 39.6. The SMILES string of the molecule is CCC(C(=O)NC1CCCC1)N(Cc1ccc(F)cc1)C(=O)CN(c1cccc(Cl)c1)S(C)(=O)=O. The number of nitrogens with zero attached hydrogens (tertiary/aromatic N) is 2. The lowest BCUT2D eigenvalue weighted by Crippen LogP contribution is -2.53. The Hall–Kier alpha value is -2.65. The lowest BCUT2D eigenvalue weighted by Gasteiger charge is -2.33. The van der Waals surface area contributed by atoms with Gasteiger partial charge in [0.25, 0.3) is 0 Å². The van der Waals surface area contributed by atoms with E-state index in [-0.39, 0.29) is 24.2 Å². The molecular formula is C25H31ClFN3O4S. The predicted molar refractivity (Wildman–Crippen MR) is 135 cm³/mol. The molecule has 1 aliphatic rings. The molecular weight excluding hydrogens is 493 g/mol. The topological polar surface area (TPSA) is 86.8 Å². The third-order valence-electron chi connectivity index (χ3n) is 6.13. The maximum Gasteiger partial charge on any atom is 0.244 e. The van der Waals surface area contributed by atoms with Gasteiger partial charge in [0, 0.05) is 17.6 Å². The van der Waals surface area contributed by atoms with E-state index in [2.05, 4.69) is 5.32 Å². The highest BCUT2D eigenvalue weighted by Gasteiger charge is 2.33. The fourth-order valence-electron chi connectivity index (χ4n) is 4.32. The molecule has 0 spiro atoms. The minimum absolute atomic E-state index is 0.0306. The Labute approximate surface area is 211 Å². The molecule has 0 radical (unpaired) electrons. The van der Waals surface area contributed by atoms with Crippen molar-refractivity contribution in [1.29, 1.82) is 0 Å². The molecule has 2 aromatic carbocycles. The number of rotatable bonds is 10. The molecule has 0 heterocycles. The third-order valence-corrected chi connectivity index (χ3v) is 7.50. The minimum Gasteiger partial charge on any atom is -0.352 e. The maximum atomic E-state index is 13.6. The second-order valence-corrected chi connectivity index (χ2v) is 11.2. The van der Waals surface area contributed by atoms with E-state index in [0.717, 1.165) is 36.2 Å². The summed E-state index contributed by atoms with van der Waals surface area (Å²) in [5.74, 6) is -1.24. The molecule has 1 atom stereocenters. The fraction of sp³-hybridized carbons (Fsp3) is 0.440. The second-order valence-electron chi connectivity index (χ2n) is 8.81. The second kappa shape index (κ2) is 11.9. The number of benzene rings is 2. The zero-order valence-corrected chi connectivity index (χ0v) is 21.5. The number of hydrogen-bond acceptors (Lipinski definition) is 4. The van der Waals surface area contributed by atoms with Crippen LogP contribution in [-0.4, -0.2) is 50.0 Å². The highest BCUT2D eigenvalue weighted by molar-refractivity contribution is 7.92. The van der Waals surface area contributed by atoms with Crippen LogP contribution < -0.4 is 9.62 Å². The highest BCUT2D eigenvalue weighted by Crippen LogP contribution is 2.23. The molecule has 2 aromatic rings. The van der Waals surface area contributed by atoms with Gasteiger partial charge in [-0.15, -0.1) is 0 Å². The van der Waals surface area contributed by atoms with Crippen molar-refractivity contribution in [3.63, 3.8) is 0 Å². The van der Waals surface area contributed by atoms with Gasteiger partial charge in [0.2, 0.25) is 21.8 Å². The minimum atomic E-state index is -3.84. The van der Waals surface area contributed by atoms with E-state index in [1.807, 2.05) is 0 Å². The van der Waals surface area contributed by atoms with Crippen molar-refractivity contribution in [2.24, 2.45) is 0 Å². The fourth-order valence-corrected chi connectivity index (χ4v) is 5.34. The molecule has 1 N–H and O–H groups in total. The zero-order valence-electron chi connectivity index (χ0n) is 19.9. The molecule has 1 aliphatic carbocycles. The molecule has 0 bridgehead atoms. The number of amides is 2. The van der Waals surface area contributed by atoms with Gasteiger partial charge in [-0.05, 0) is 55.2 Å². The van der Waals surface area contributed by atoms with E-state index < -0.39 is 34.3 Å². The Morgan fingerprint density at radius 3 is 2.37 bits per heavy atom. The lowest BCUT2D eigenvalue weighted by molar-refractivity contribution is -0.140. The van der Waals surface area contributed by atoms with Crippen molar-refractivity contribution >= 4 is 39.1 Å². The van der Waals surface area contributed by atoms with Gasteiger partial charge in [-0.3, -0.25) is 13.9 Å². The van der Waals surface area contributed by atoms with Gasteiger partial charge in [-0.1, -0.05) is 49.6 Å². The molecule has 2 amide bonds. The molecule has 0 aromatic heterocycles. The lowest BCUT2D eigenvalue weighted by atomic mass is 10.1. The van der Waals surface area contributed by atoms with Crippen molar-refractivity contribution in [2.45, 2.75) is 57.7 Å². The quantitative estimate of drug-likeness (QED) is 0.507. The van der Waals surface area contributed by atoms with E-state index in [1.54, 1.807) is 37.3 Å². The van der Waals surface area contributed by atoms with Crippen molar-refractivity contribution in [3.8, 4) is 0 Å². The van der Waals surface area contributed by atoms with Crippen LogP contribution in [0.5, 0.6) is 0 Å². The summed E-state index contributed by atoms with van der Waals surface area (Å²) in [6.07, 6.45) is 5.22. The van der Waals surface area contributed by atoms with E-state index in [9.17, 15) is 22.4 Å². The third kappa shape index (κ3) is 7.41. The molecule has 35 heavy (non-hydrogen) atoms. The van der Waals surface area contributed by atoms with Crippen molar-refractivity contribution < 1.29 is 22.4 Å². The number of halogens is 2. The van der Waals surface area contributed by atoms with E-state index >= 15 is 0 Å². The summed E-state index contributed by atoms with van der Waals surface area (Å²) in [5.41, 5.74) is 0.874. The Morgan fingerprint density at radius 1 is 1.14 bits per heavy atom. The van der Waals surface area contributed by atoms with Crippen LogP contribution in [0.3, 0.4) is 0 Å². The van der Waals surface area contributed by atoms with Crippen LogP contribution >= 0.6 is 11.6 Å². The van der Waals surface area contributed by atoms with E-state index in [1.165, 1.54) is 23.1 Å². The number of hydrogen-bond donors (Lipinski definition) is 1. The molecule has 1 saturated carbocycles. The van der Waals surface area contributed by atoms with E-state index in [4.69, 9.17) is 11.6 Å². The average molecular weight is 524 g/mol. The summed E-state index contributed by atoms with van der Waals surface area (Å²) >= 11 is 6.05. The summed E-state index contributed by atoms with van der Waals surface area (Å²) in [6.45, 7) is 1.32. The predicted octanol–water partition coefficient (Wildman–Crippen LogP) is 4.11. The molecule has 0 aliphatic heterocycles. The van der Waals surface area contributed by atoms with Crippen LogP contribution in [0.2, 0.25) is 5.02 Å². The first-order chi connectivity index (χ1) is 16.6. The van der Waals surface area contributed by atoms with Crippen LogP contribution in [0.15, 0.2) is 48.5 Å². The van der Waals surface area contributed by atoms with Crippen LogP contribution in [0.4, 0.5) is 10.1 Å². The molecule has 1 unspecified atom stereocenters. The standard InChI is InChI=1S/C25H31ClFN3O4S/c1-3-23(25(32)28-21-8-4-5-9-21)29(16-18-11-13-20(27)14-12-18)24(31)17-30(35(2,33)34)22-10-6-7-19(26)15-22/h6-7,10-15,21,23H,3-5,8-9,16-17H2,1-2H3,(H,28,32). The Morgan fingerprint density at radius 2 is 1.80 bits per heavy atom. The largest absolute Gasteiger partial charge is 0.352 e. The van der Waals surface area contributed by atoms with Crippen molar-refractivity contribution in [1.82, 2.24) is 10.2 Å². The van der Waals surface area contributed by atoms with Crippen molar-refractivity contribution in [3.05, 3.63) is 64.9 Å². The number of sulfonamides is 1. The van der Waals surface area contributed by atoms with E-state index in [0.29, 0.717) is 17.0 Å². The number of nitrogens with one attached hydrogen (secondary N) is 1. The molecule has 3 rings (SSSR count). The van der Waals surface area contributed by atoms with Crippen LogP contribution in [0.25, 0.3) is 0 Å². The summed E-state index contributed by atoms with van der Waals surface area (Å²) in [7, 11) is -3.84. The van der Waals surface area contributed by atoms with Gasteiger partial charge in [0.15, 0.2) is 0 Å². The highest BCUT2D eigenvalue weighted by atomic mass is 35.5. The zero-order chi connectivity index (χ0) is 25.6. The van der Waals surface area contributed by atoms with Gasteiger partial charge in [-0.2, -0.15) is 0 Å².